The topological polar surface area (TPSA) is 79.9 Å². The molecule has 1 aromatic carbocycles. The van der Waals surface area contributed by atoms with E-state index in [1.165, 1.54) is 6.33 Å². The minimum atomic E-state index is -0.453. The van der Waals surface area contributed by atoms with Crippen LogP contribution in [-0.4, -0.2) is 27.8 Å². The highest BCUT2D eigenvalue weighted by Gasteiger charge is 2.00. The molecule has 0 radical (unpaired) electrons. The number of benzene rings is 1. The van der Waals surface area contributed by atoms with E-state index in [-0.39, 0.29) is 6.61 Å². The van der Waals surface area contributed by atoms with Crippen molar-refractivity contribution in [3.05, 3.63) is 54.1 Å². The summed E-state index contributed by atoms with van der Waals surface area (Å²) in [5.41, 5.74) is 0.954. The first-order chi connectivity index (χ1) is 9.34. The zero-order valence-corrected chi connectivity index (χ0v) is 10.2. The fourth-order valence-electron chi connectivity index (χ4n) is 1.38. The summed E-state index contributed by atoms with van der Waals surface area (Å²) < 4.78 is 5.05. The van der Waals surface area contributed by atoms with Crippen molar-refractivity contribution in [2.75, 3.05) is 6.54 Å². The van der Waals surface area contributed by atoms with Crippen molar-refractivity contribution in [2.45, 2.75) is 6.61 Å². The summed E-state index contributed by atoms with van der Waals surface area (Å²) in [6.45, 7) is 0.632. The molecule has 0 fully saturated rings. The lowest BCUT2D eigenvalue weighted by Crippen LogP contribution is -2.24. The van der Waals surface area contributed by atoms with Crippen molar-refractivity contribution in [3.8, 4) is 0 Å². The van der Waals surface area contributed by atoms with E-state index in [1.807, 2.05) is 30.3 Å². The fraction of sp³-hybridized carbons (Fsp3) is 0.154. The molecule has 2 aromatic rings. The summed E-state index contributed by atoms with van der Waals surface area (Å²) in [4.78, 5) is 15.3. The molecule has 0 atom stereocenters. The van der Waals surface area contributed by atoms with Gasteiger partial charge in [0, 0.05) is 6.54 Å². The Kier molecular flexibility index (Phi) is 4.69. The van der Waals surface area contributed by atoms with E-state index in [2.05, 4.69) is 20.5 Å². The van der Waals surface area contributed by atoms with Crippen LogP contribution in [0.5, 0.6) is 0 Å². The number of alkyl carbamates (subject to hydrolysis) is 1. The summed E-state index contributed by atoms with van der Waals surface area (Å²) >= 11 is 0. The highest BCUT2D eigenvalue weighted by molar-refractivity contribution is 5.67. The molecule has 0 aliphatic rings. The van der Waals surface area contributed by atoms with Crippen LogP contribution in [0.25, 0.3) is 6.08 Å². The zero-order valence-electron chi connectivity index (χ0n) is 10.2. The second-order valence-corrected chi connectivity index (χ2v) is 3.72. The standard InChI is InChI=1S/C13H14N4O2/c18-13(19-9-11-5-2-1-3-6-11)14-8-4-7-12-15-10-16-17-12/h1-7,10H,8-9H2,(H,14,18)(H,15,16,17). The quantitative estimate of drug-likeness (QED) is 0.856. The van der Waals surface area contributed by atoms with Gasteiger partial charge in [-0.3, -0.25) is 5.10 Å². The Labute approximate surface area is 110 Å². The Hall–Kier alpha value is -2.63. The number of rotatable bonds is 5. The molecule has 2 rings (SSSR count). The molecule has 0 unspecified atom stereocenters. The molecule has 1 aromatic heterocycles. The number of nitrogens with zero attached hydrogens (tertiary/aromatic N) is 2. The van der Waals surface area contributed by atoms with Crippen molar-refractivity contribution in [3.63, 3.8) is 0 Å². The van der Waals surface area contributed by atoms with Gasteiger partial charge in [0.2, 0.25) is 0 Å². The van der Waals surface area contributed by atoms with E-state index in [0.29, 0.717) is 12.4 Å². The van der Waals surface area contributed by atoms with E-state index in [1.54, 1.807) is 12.2 Å². The maximum atomic E-state index is 11.4. The minimum Gasteiger partial charge on any atom is -0.445 e. The number of hydrogen-bond acceptors (Lipinski definition) is 4. The van der Waals surface area contributed by atoms with Gasteiger partial charge in [-0.05, 0) is 11.6 Å². The van der Waals surface area contributed by atoms with Gasteiger partial charge in [-0.1, -0.05) is 36.4 Å². The third kappa shape index (κ3) is 4.63. The van der Waals surface area contributed by atoms with E-state index in [4.69, 9.17) is 4.74 Å². The molecule has 0 saturated carbocycles. The molecule has 6 nitrogen and oxygen atoms in total. The van der Waals surface area contributed by atoms with Gasteiger partial charge in [0.15, 0.2) is 0 Å². The summed E-state index contributed by atoms with van der Waals surface area (Å²) in [7, 11) is 0. The lowest BCUT2D eigenvalue weighted by Gasteiger charge is -2.04. The number of carbonyl (C=O) groups excluding carboxylic acids is 1. The van der Waals surface area contributed by atoms with Gasteiger partial charge in [-0.25, -0.2) is 9.78 Å². The minimum absolute atomic E-state index is 0.262. The maximum absolute atomic E-state index is 11.4. The fourth-order valence-corrected chi connectivity index (χ4v) is 1.38. The Bertz CT molecular complexity index is 523. The van der Waals surface area contributed by atoms with Crippen LogP contribution in [0, 0.1) is 0 Å². The molecule has 6 heteroatoms. The number of aromatic nitrogens is 3. The zero-order chi connectivity index (χ0) is 13.3. The van der Waals surface area contributed by atoms with Crippen molar-refractivity contribution in [1.82, 2.24) is 20.5 Å². The first-order valence-corrected chi connectivity index (χ1v) is 5.81. The van der Waals surface area contributed by atoms with Gasteiger partial charge in [0.25, 0.3) is 0 Å². The average molecular weight is 258 g/mol. The number of ether oxygens (including phenoxy) is 1. The van der Waals surface area contributed by atoms with Crippen LogP contribution in [0.2, 0.25) is 0 Å². The third-order valence-electron chi connectivity index (χ3n) is 2.29. The molecule has 2 N–H and O–H groups in total. The summed E-state index contributed by atoms with van der Waals surface area (Å²) in [5, 5.41) is 8.98. The molecular weight excluding hydrogens is 244 g/mol. The molecule has 19 heavy (non-hydrogen) atoms. The summed E-state index contributed by atoms with van der Waals surface area (Å²) in [5.74, 6) is 0.638. The third-order valence-corrected chi connectivity index (χ3v) is 2.29. The van der Waals surface area contributed by atoms with E-state index < -0.39 is 6.09 Å². The highest BCUT2D eigenvalue weighted by Crippen LogP contribution is 2.00. The Morgan fingerprint density at radius 2 is 2.21 bits per heavy atom. The molecule has 1 heterocycles. The van der Waals surface area contributed by atoms with Crippen LogP contribution in [0.4, 0.5) is 4.79 Å². The van der Waals surface area contributed by atoms with E-state index in [0.717, 1.165) is 5.56 Å². The smallest absolute Gasteiger partial charge is 0.407 e. The lowest BCUT2D eigenvalue weighted by atomic mass is 10.2. The second kappa shape index (κ2) is 6.95. The van der Waals surface area contributed by atoms with E-state index >= 15 is 0 Å². The maximum Gasteiger partial charge on any atom is 0.407 e. The highest BCUT2D eigenvalue weighted by atomic mass is 16.5. The predicted molar refractivity (Wildman–Crippen MR) is 70.0 cm³/mol. The predicted octanol–water partition coefficient (Wildman–Crippen LogP) is 1.74. The molecule has 0 aliphatic heterocycles. The molecule has 0 aliphatic carbocycles. The number of carbonyl (C=O) groups is 1. The molecule has 0 bridgehead atoms. The largest absolute Gasteiger partial charge is 0.445 e. The number of H-pyrrole nitrogens is 1. The van der Waals surface area contributed by atoms with Gasteiger partial charge in [-0.15, -0.1) is 0 Å². The summed E-state index contributed by atoms with van der Waals surface area (Å²) in [6, 6.07) is 9.51. The second-order valence-electron chi connectivity index (χ2n) is 3.72. The monoisotopic (exact) mass is 258 g/mol. The molecule has 0 spiro atoms. The first-order valence-electron chi connectivity index (χ1n) is 5.81. The van der Waals surface area contributed by atoms with Crippen molar-refractivity contribution in [1.29, 1.82) is 0 Å². The van der Waals surface area contributed by atoms with Crippen LogP contribution < -0.4 is 5.32 Å². The normalized spacial score (nSPS) is 10.5. The molecule has 0 saturated heterocycles. The van der Waals surface area contributed by atoms with Crippen LogP contribution in [0.1, 0.15) is 11.4 Å². The van der Waals surface area contributed by atoms with Crippen molar-refractivity contribution < 1.29 is 9.53 Å². The van der Waals surface area contributed by atoms with Gasteiger partial charge >= 0.3 is 6.09 Å². The van der Waals surface area contributed by atoms with Crippen LogP contribution in [-0.2, 0) is 11.3 Å². The van der Waals surface area contributed by atoms with Crippen LogP contribution in [0.15, 0.2) is 42.7 Å². The Morgan fingerprint density at radius 3 is 2.95 bits per heavy atom. The average Bonchev–Trinajstić information content (AvgIpc) is 2.96. The SMILES string of the molecule is O=C(NCC=Cc1ncn[nH]1)OCc1ccccc1. The van der Waals surface area contributed by atoms with Crippen molar-refractivity contribution in [2.24, 2.45) is 0 Å². The number of hydrogen-bond donors (Lipinski definition) is 2. The number of nitrogens with one attached hydrogen (secondary N) is 2. The van der Waals surface area contributed by atoms with Crippen LogP contribution in [0.3, 0.4) is 0 Å². The van der Waals surface area contributed by atoms with Gasteiger partial charge < -0.3 is 10.1 Å². The van der Waals surface area contributed by atoms with Crippen LogP contribution >= 0.6 is 0 Å². The summed E-state index contributed by atoms with van der Waals surface area (Å²) in [6.07, 6.45) is 4.45. The lowest BCUT2D eigenvalue weighted by molar-refractivity contribution is 0.141. The first kappa shape index (κ1) is 12.8. The number of aromatic amines is 1. The Balaban J connectivity index is 1.65. The van der Waals surface area contributed by atoms with E-state index in [9.17, 15) is 4.79 Å². The number of amides is 1. The molecular formula is C13H14N4O2. The van der Waals surface area contributed by atoms with Gasteiger partial charge in [0.1, 0.15) is 18.8 Å². The van der Waals surface area contributed by atoms with Gasteiger partial charge in [-0.2, -0.15) is 5.10 Å². The molecule has 98 valence electrons. The molecule has 1 amide bonds. The Morgan fingerprint density at radius 1 is 1.37 bits per heavy atom. The van der Waals surface area contributed by atoms with Crippen molar-refractivity contribution >= 4 is 12.2 Å². The van der Waals surface area contributed by atoms with Gasteiger partial charge in [0.05, 0.1) is 0 Å².